The van der Waals surface area contributed by atoms with Crippen LogP contribution in [0.3, 0.4) is 0 Å². The summed E-state index contributed by atoms with van der Waals surface area (Å²) < 4.78 is 66.3. The molecule has 172 valence electrons. The molecule has 0 radical (unpaired) electrons. The maximum Gasteiger partial charge on any atom is 0.421 e. The summed E-state index contributed by atoms with van der Waals surface area (Å²) in [7, 11) is 1.78. The van der Waals surface area contributed by atoms with Crippen LogP contribution in [0, 0.1) is 0 Å². The third kappa shape index (κ3) is 5.27. The van der Waals surface area contributed by atoms with Gasteiger partial charge in [-0.25, -0.2) is 9.71 Å². The maximum atomic E-state index is 13.6. The molecule has 1 unspecified atom stereocenters. The van der Waals surface area contributed by atoms with E-state index < -0.39 is 28.8 Å². The molecular weight excluding hydrogens is 459 g/mol. The Labute approximate surface area is 188 Å². The van der Waals surface area contributed by atoms with Crippen molar-refractivity contribution in [3.63, 3.8) is 0 Å². The van der Waals surface area contributed by atoms with Crippen LogP contribution in [0.25, 0.3) is 10.9 Å². The molecule has 13 heteroatoms. The first-order valence-electron chi connectivity index (χ1n) is 9.51. The fourth-order valence-electron chi connectivity index (χ4n) is 3.16. The van der Waals surface area contributed by atoms with Crippen LogP contribution in [0.1, 0.15) is 11.1 Å². The Kier molecular flexibility index (Phi) is 6.26. The lowest BCUT2D eigenvalue weighted by Crippen LogP contribution is -2.17. The Morgan fingerprint density at radius 2 is 1.91 bits per heavy atom. The molecule has 3 N–H and O–H groups in total. The van der Waals surface area contributed by atoms with Crippen molar-refractivity contribution in [2.24, 2.45) is 7.05 Å². The molecule has 0 saturated carbocycles. The number of hydrogen-bond donors (Lipinski definition) is 3. The monoisotopic (exact) mass is 476 g/mol. The van der Waals surface area contributed by atoms with Gasteiger partial charge in [0, 0.05) is 47.8 Å². The van der Waals surface area contributed by atoms with Crippen molar-refractivity contribution < 1.29 is 21.9 Å². The number of nitrogens with one attached hydrogen (secondary N) is 3. The van der Waals surface area contributed by atoms with Crippen LogP contribution in [0.2, 0.25) is 0 Å². The van der Waals surface area contributed by atoms with E-state index in [2.05, 4.69) is 30.4 Å². The van der Waals surface area contributed by atoms with Crippen LogP contribution in [0.15, 0.2) is 54.9 Å². The van der Waals surface area contributed by atoms with Gasteiger partial charge in [0.1, 0.15) is 11.4 Å². The molecule has 9 nitrogen and oxygen atoms in total. The zero-order chi connectivity index (χ0) is 23.6. The largest absolute Gasteiger partial charge is 0.760 e. The number of para-hydroxylation sites is 1. The zero-order valence-electron chi connectivity index (χ0n) is 17.1. The minimum absolute atomic E-state index is 0.0525. The second kappa shape index (κ2) is 9.13. The second-order valence-corrected chi connectivity index (χ2v) is 7.72. The molecule has 4 rings (SSSR count). The fraction of sp³-hybridized carbons (Fsp3) is 0.150. The number of anilines is 4. The summed E-state index contributed by atoms with van der Waals surface area (Å²) >= 11 is -2.52. The third-order valence-electron chi connectivity index (χ3n) is 4.75. The van der Waals surface area contributed by atoms with E-state index in [4.69, 9.17) is 0 Å². The molecule has 0 aliphatic carbocycles. The molecule has 0 saturated heterocycles. The van der Waals surface area contributed by atoms with Gasteiger partial charge >= 0.3 is 6.18 Å². The quantitative estimate of drug-likeness (QED) is 0.348. The van der Waals surface area contributed by atoms with Crippen LogP contribution in [-0.2, 0) is 31.0 Å². The zero-order valence-corrected chi connectivity index (χ0v) is 17.9. The minimum atomic E-state index is -4.71. The van der Waals surface area contributed by atoms with Crippen molar-refractivity contribution >= 4 is 45.3 Å². The Morgan fingerprint density at radius 1 is 1.12 bits per heavy atom. The lowest BCUT2D eigenvalue weighted by Gasteiger charge is -2.17. The number of alkyl halides is 3. The average Bonchev–Trinajstić information content (AvgIpc) is 3.12. The van der Waals surface area contributed by atoms with Gasteiger partial charge in [-0.15, -0.1) is 0 Å². The fourth-order valence-corrected chi connectivity index (χ4v) is 3.43. The maximum absolute atomic E-state index is 13.6. The highest BCUT2D eigenvalue weighted by Gasteiger charge is 2.35. The van der Waals surface area contributed by atoms with Crippen molar-refractivity contribution in [2.45, 2.75) is 12.7 Å². The van der Waals surface area contributed by atoms with E-state index in [1.807, 2.05) is 6.07 Å². The number of benzene rings is 2. The molecule has 0 amide bonds. The summed E-state index contributed by atoms with van der Waals surface area (Å²) in [5, 5.41) is 10.6. The first kappa shape index (κ1) is 22.6. The summed E-state index contributed by atoms with van der Waals surface area (Å²) in [5.74, 6) is -0.527. The highest BCUT2D eigenvalue weighted by Crippen LogP contribution is 2.36. The number of fused-ring (bicyclic) bond motifs is 1. The molecule has 0 spiro atoms. The van der Waals surface area contributed by atoms with Gasteiger partial charge in [-0.3, -0.25) is 8.89 Å². The topological polar surface area (TPSA) is 120 Å². The van der Waals surface area contributed by atoms with E-state index in [-0.39, 0.29) is 18.2 Å². The molecule has 1 atom stereocenters. The van der Waals surface area contributed by atoms with Gasteiger partial charge in [-0.05, 0) is 29.8 Å². The van der Waals surface area contributed by atoms with Gasteiger partial charge in [-0.2, -0.15) is 23.3 Å². The van der Waals surface area contributed by atoms with Gasteiger partial charge in [0.05, 0.1) is 11.7 Å². The standard InChI is InChI=1S/C20H18F3N7O2S/c1-30-17-8-14(7-6-13(17)9-25-30)27-19-24-11-15(20(21,22)23)18(29-19)28-16-5-3-2-4-12(16)10-26-33(31)32/h2-9,11,26H,10H2,1H3,(H,31,32)(H2,24,27,28,29)/p-1. The van der Waals surface area contributed by atoms with Crippen molar-refractivity contribution in [1.82, 2.24) is 24.5 Å². The van der Waals surface area contributed by atoms with E-state index in [0.717, 1.165) is 10.9 Å². The van der Waals surface area contributed by atoms with E-state index >= 15 is 0 Å². The summed E-state index contributed by atoms with van der Waals surface area (Å²) in [6, 6.07) is 11.7. The van der Waals surface area contributed by atoms with E-state index in [1.54, 1.807) is 48.3 Å². The molecule has 0 fully saturated rings. The highest BCUT2D eigenvalue weighted by atomic mass is 32.2. The van der Waals surface area contributed by atoms with Crippen molar-refractivity contribution in [3.8, 4) is 0 Å². The summed E-state index contributed by atoms with van der Waals surface area (Å²) in [6.45, 7) is -0.110. The molecular formula is C20H17F3N7O2S-. The minimum Gasteiger partial charge on any atom is -0.760 e. The van der Waals surface area contributed by atoms with Gasteiger partial charge in [0.2, 0.25) is 5.95 Å². The third-order valence-corrected chi connectivity index (χ3v) is 5.13. The first-order chi connectivity index (χ1) is 15.7. The van der Waals surface area contributed by atoms with Gasteiger partial charge in [-0.1, -0.05) is 18.2 Å². The first-order valence-corrected chi connectivity index (χ1v) is 10.6. The van der Waals surface area contributed by atoms with E-state index in [0.29, 0.717) is 17.4 Å². The molecule has 2 aromatic heterocycles. The molecule has 0 aliphatic heterocycles. The molecule has 33 heavy (non-hydrogen) atoms. The Bertz CT molecular complexity index is 1330. The predicted octanol–water partition coefficient (Wildman–Crippen LogP) is 3.75. The van der Waals surface area contributed by atoms with Crippen molar-refractivity contribution in [3.05, 3.63) is 66.0 Å². The summed E-state index contributed by atoms with van der Waals surface area (Å²) in [6.07, 6.45) is -2.32. The van der Waals surface area contributed by atoms with E-state index in [1.165, 1.54) is 6.07 Å². The number of nitrogens with zero attached hydrogens (tertiary/aromatic N) is 4. The molecule has 0 aliphatic rings. The lowest BCUT2D eigenvalue weighted by molar-refractivity contribution is -0.137. The number of hydrogen-bond acceptors (Lipinski definition) is 7. The van der Waals surface area contributed by atoms with Crippen LogP contribution < -0.4 is 15.4 Å². The normalized spacial score (nSPS) is 12.6. The van der Waals surface area contributed by atoms with Crippen molar-refractivity contribution in [1.29, 1.82) is 0 Å². The van der Waals surface area contributed by atoms with Crippen LogP contribution in [0.4, 0.5) is 36.3 Å². The SMILES string of the molecule is Cn1ncc2ccc(Nc3ncc(C(F)(F)F)c(Nc4ccccc4CNS(=O)[O-])n3)cc21. The Morgan fingerprint density at radius 3 is 2.67 bits per heavy atom. The van der Waals surface area contributed by atoms with Crippen LogP contribution in [-0.4, -0.2) is 28.5 Å². The summed E-state index contributed by atoms with van der Waals surface area (Å²) in [4.78, 5) is 7.85. The second-order valence-electron chi connectivity index (χ2n) is 6.96. The highest BCUT2D eigenvalue weighted by molar-refractivity contribution is 7.77. The Balaban J connectivity index is 1.67. The molecule has 2 aromatic carbocycles. The number of rotatable bonds is 7. The molecule has 4 aromatic rings. The van der Waals surface area contributed by atoms with Gasteiger partial charge < -0.3 is 15.2 Å². The number of aryl methyl sites for hydroxylation is 1. The molecule has 0 bridgehead atoms. The smallest absolute Gasteiger partial charge is 0.421 e. The molecule has 2 heterocycles. The number of aromatic nitrogens is 4. The van der Waals surface area contributed by atoms with E-state index in [9.17, 15) is 21.9 Å². The Hall–Kier alpha value is -3.55. The van der Waals surface area contributed by atoms with Crippen LogP contribution in [0.5, 0.6) is 0 Å². The van der Waals surface area contributed by atoms with Gasteiger partial charge in [0.15, 0.2) is 0 Å². The average molecular weight is 476 g/mol. The van der Waals surface area contributed by atoms with Crippen molar-refractivity contribution in [2.75, 3.05) is 10.6 Å². The van der Waals surface area contributed by atoms with Gasteiger partial charge in [0.25, 0.3) is 0 Å². The lowest BCUT2D eigenvalue weighted by atomic mass is 10.1. The summed E-state index contributed by atoms with van der Waals surface area (Å²) in [5.41, 5.74) is 1.03. The number of halogens is 3. The van der Waals surface area contributed by atoms with Crippen LogP contribution >= 0.6 is 0 Å². The predicted molar refractivity (Wildman–Crippen MR) is 117 cm³/mol.